The maximum atomic E-state index is 12.3. The summed E-state index contributed by atoms with van der Waals surface area (Å²) in [5.41, 5.74) is 2.70. The summed E-state index contributed by atoms with van der Waals surface area (Å²) in [5.74, 6) is 0.142. The fourth-order valence-corrected chi connectivity index (χ4v) is 3.11. The largest absolute Gasteiger partial charge is 0.497 e. The summed E-state index contributed by atoms with van der Waals surface area (Å²) in [6.07, 6.45) is 1.87. The van der Waals surface area contributed by atoms with Crippen molar-refractivity contribution in [3.8, 4) is 5.75 Å². The number of hydrogen-bond donors (Lipinski definition) is 1. The van der Waals surface area contributed by atoms with Gasteiger partial charge < -0.3 is 14.8 Å². The SMILES string of the molecule is COc1cccc(NC(=O)COC(=O)Cc2c(C)nc3nc(SC)nn3c2C)c1. The van der Waals surface area contributed by atoms with Crippen LogP contribution < -0.4 is 10.1 Å². The van der Waals surface area contributed by atoms with Crippen molar-refractivity contribution in [3.05, 3.63) is 41.2 Å². The number of thioether (sulfide) groups is 1. The fourth-order valence-electron chi connectivity index (χ4n) is 2.77. The lowest BCUT2D eigenvalue weighted by molar-refractivity contribution is -0.146. The van der Waals surface area contributed by atoms with Gasteiger partial charge in [-0.3, -0.25) is 9.59 Å². The van der Waals surface area contributed by atoms with E-state index in [1.165, 1.54) is 11.8 Å². The molecule has 0 saturated heterocycles. The number of ether oxygens (including phenoxy) is 2. The van der Waals surface area contributed by atoms with Crippen LogP contribution in [0, 0.1) is 13.8 Å². The maximum Gasteiger partial charge on any atom is 0.310 e. The predicted molar refractivity (Wildman–Crippen MR) is 108 cm³/mol. The first-order chi connectivity index (χ1) is 13.9. The monoisotopic (exact) mass is 415 g/mol. The van der Waals surface area contributed by atoms with Crippen LogP contribution in [0.25, 0.3) is 5.78 Å². The molecule has 3 rings (SSSR count). The second kappa shape index (κ2) is 8.91. The number of aryl methyl sites for hydroxylation is 2. The molecule has 0 aliphatic rings. The molecule has 1 aromatic carbocycles. The van der Waals surface area contributed by atoms with E-state index in [1.54, 1.807) is 42.8 Å². The molecular weight excluding hydrogens is 394 g/mol. The van der Waals surface area contributed by atoms with Gasteiger partial charge in [0.1, 0.15) is 5.75 Å². The van der Waals surface area contributed by atoms with Crippen molar-refractivity contribution < 1.29 is 19.1 Å². The second-order valence-electron chi connectivity index (χ2n) is 6.19. The van der Waals surface area contributed by atoms with Crippen molar-refractivity contribution in [1.82, 2.24) is 19.6 Å². The third-order valence-electron chi connectivity index (χ3n) is 4.25. The maximum absolute atomic E-state index is 12.3. The van der Waals surface area contributed by atoms with E-state index in [1.807, 2.05) is 13.2 Å². The van der Waals surface area contributed by atoms with Crippen molar-refractivity contribution in [2.75, 3.05) is 25.3 Å². The molecule has 2 aromatic heterocycles. The highest BCUT2D eigenvalue weighted by Crippen LogP contribution is 2.18. The molecule has 3 aromatic rings. The van der Waals surface area contributed by atoms with Gasteiger partial charge in [0.05, 0.1) is 13.5 Å². The summed E-state index contributed by atoms with van der Waals surface area (Å²) >= 11 is 1.42. The Bertz CT molecular complexity index is 1070. The summed E-state index contributed by atoms with van der Waals surface area (Å²) in [6, 6.07) is 6.91. The first-order valence-electron chi connectivity index (χ1n) is 8.77. The Morgan fingerprint density at radius 3 is 2.76 bits per heavy atom. The minimum atomic E-state index is -0.525. The van der Waals surface area contributed by atoms with Gasteiger partial charge in [-0.1, -0.05) is 17.8 Å². The number of benzene rings is 1. The van der Waals surface area contributed by atoms with Gasteiger partial charge in [0.2, 0.25) is 5.16 Å². The van der Waals surface area contributed by atoms with Crippen LogP contribution in [0.15, 0.2) is 29.4 Å². The minimum absolute atomic E-state index is 0.0124. The highest BCUT2D eigenvalue weighted by Gasteiger charge is 2.17. The van der Waals surface area contributed by atoms with E-state index in [4.69, 9.17) is 9.47 Å². The number of methoxy groups -OCH3 is 1. The van der Waals surface area contributed by atoms with E-state index in [2.05, 4.69) is 20.4 Å². The van der Waals surface area contributed by atoms with E-state index in [0.29, 0.717) is 33.6 Å². The molecule has 1 amide bonds. The van der Waals surface area contributed by atoms with Gasteiger partial charge in [0.15, 0.2) is 6.61 Å². The zero-order valence-electron chi connectivity index (χ0n) is 16.6. The molecule has 0 aliphatic heterocycles. The fraction of sp³-hybridized carbons (Fsp3) is 0.316. The van der Waals surface area contributed by atoms with Crippen molar-refractivity contribution >= 4 is 35.1 Å². The molecule has 0 saturated carbocycles. The standard InChI is InChI=1S/C19H21N5O4S/c1-11-15(12(2)24-18(20-11)22-19(23-24)29-4)9-17(26)28-10-16(25)21-13-6-5-7-14(8-13)27-3/h5-8H,9-10H2,1-4H3,(H,21,25). The summed E-state index contributed by atoms with van der Waals surface area (Å²) in [6.45, 7) is 3.26. The van der Waals surface area contributed by atoms with Crippen LogP contribution >= 0.6 is 11.8 Å². The number of nitrogens with zero attached hydrogens (tertiary/aromatic N) is 4. The number of carbonyl (C=O) groups excluding carboxylic acids is 2. The molecule has 0 atom stereocenters. The van der Waals surface area contributed by atoms with Gasteiger partial charge >= 0.3 is 5.97 Å². The molecule has 1 N–H and O–H groups in total. The number of aromatic nitrogens is 4. The average molecular weight is 415 g/mol. The third kappa shape index (κ3) is 4.83. The van der Waals surface area contributed by atoms with Gasteiger partial charge in [-0.15, -0.1) is 5.10 Å². The van der Waals surface area contributed by atoms with Crippen molar-refractivity contribution in [3.63, 3.8) is 0 Å². The zero-order chi connectivity index (χ0) is 21.0. The van der Waals surface area contributed by atoms with Crippen LogP contribution in [0.2, 0.25) is 0 Å². The Morgan fingerprint density at radius 2 is 2.03 bits per heavy atom. The lowest BCUT2D eigenvalue weighted by Crippen LogP contribution is -2.22. The summed E-state index contributed by atoms with van der Waals surface area (Å²) in [4.78, 5) is 33.0. The molecule has 0 fully saturated rings. The number of fused-ring (bicyclic) bond motifs is 1. The van der Waals surface area contributed by atoms with Crippen LogP contribution in [-0.4, -0.2) is 51.4 Å². The second-order valence-corrected chi connectivity index (χ2v) is 6.96. The number of hydrogen-bond acceptors (Lipinski definition) is 8. The van der Waals surface area contributed by atoms with E-state index in [-0.39, 0.29) is 13.0 Å². The Balaban J connectivity index is 1.62. The van der Waals surface area contributed by atoms with Crippen LogP contribution in [0.3, 0.4) is 0 Å². The van der Waals surface area contributed by atoms with Gasteiger partial charge in [-0.2, -0.15) is 4.98 Å². The van der Waals surface area contributed by atoms with Gasteiger partial charge in [-0.05, 0) is 32.2 Å². The molecule has 2 heterocycles. The van der Waals surface area contributed by atoms with Gasteiger partial charge in [-0.25, -0.2) is 9.50 Å². The quantitative estimate of drug-likeness (QED) is 0.462. The molecule has 152 valence electrons. The van der Waals surface area contributed by atoms with Crippen LogP contribution in [0.4, 0.5) is 5.69 Å². The van der Waals surface area contributed by atoms with E-state index in [9.17, 15) is 9.59 Å². The molecule has 0 spiro atoms. The number of amides is 1. The van der Waals surface area contributed by atoms with Crippen molar-refractivity contribution in [1.29, 1.82) is 0 Å². The number of anilines is 1. The van der Waals surface area contributed by atoms with Crippen LogP contribution in [-0.2, 0) is 20.7 Å². The smallest absolute Gasteiger partial charge is 0.310 e. The molecule has 0 radical (unpaired) electrons. The Morgan fingerprint density at radius 1 is 1.24 bits per heavy atom. The number of carbonyl (C=O) groups is 2. The Hall–Kier alpha value is -3.14. The number of rotatable bonds is 7. The van der Waals surface area contributed by atoms with E-state index >= 15 is 0 Å². The zero-order valence-corrected chi connectivity index (χ0v) is 17.4. The van der Waals surface area contributed by atoms with Crippen LogP contribution in [0.5, 0.6) is 5.75 Å². The van der Waals surface area contributed by atoms with E-state index < -0.39 is 11.9 Å². The topological polar surface area (TPSA) is 108 Å². The van der Waals surface area contributed by atoms with Crippen molar-refractivity contribution in [2.24, 2.45) is 0 Å². The third-order valence-corrected chi connectivity index (χ3v) is 4.79. The lowest BCUT2D eigenvalue weighted by atomic mass is 10.1. The first-order valence-corrected chi connectivity index (χ1v) is 10.00. The molecule has 29 heavy (non-hydrogen) atoms. The minimum Gasteiger partial charge on any atom is -0.497 e. The Kier molecular flexibility index (Phi) is 6.32. The van der Waals surface area contributed by atoms with Crippen molar-refractivity contribution in [2.45, 2.75) is 25.4 Å². The molecule has 9 nitrogen and oxygen atoms in total. The average Bonchev–Trinajstić information content (AvgIpc) is 3.13. The molecule has 0 bridgehead atoms. The predicted octanol–water partition coefficient (Wildman–Crippen LogP) is 2.20. The summed E-state index contributed by atoms with van der Waals surface area (Å²) in [7, 11) is 1.54. The molecule has 0 aliphatic carbocycles. The van der Waals surface area contributed by atoms with Gasteiger partial charge in [0.25, 0.3) is 11.7 Å². The molecule has 10 heteroatoms. The summed E-state index contributed by atoms with van der Waals surface area (Å²) in [5, 5.41) is 7.62. The number of nitrogens with one attached hydrogen (secondary N) is 1. The lowest BCUT2D eigenvalue weighted by Gasteiger charge is -2.11. The first kappa shape index (κ1) is 20.6. The van der Waals surface area contributed by atoms with Gasteiger partial charge in [0, 0.05) is 28.7 Å². The molecule has 0 unspecified atom stereocenters. The van der Waals surface area contributed by atoms with Crippen LogP contribution in [0.1, 0.15) is 17.0 Å². The summed E-state index contributed by atoms with van der Waals surface area (Å²) < 4.78 is 11.8. The highest BCUT2D eigenvalue weighted by molar-refractivity contribution is 7.98. The van der Waals surface area contributed by atoms with E-state index in [0.717, 1.165) is 5.69 Å². The normalized spacial score (nSPS) is 10.8. The molecular formula is C19H21N5O4S. The highest BCUT2D eigenvalue weighted by atomic mass is 32.2. The Labute approximate surface area is 171 Å². The number of esters is 1.